The fraction of sp³-hybridized carbons (Fsp3) is 0.273. The van der Waals surface area contributed by atoms with Gasteiger partial charge in [-0.1, -0.05) is 47.5 Å². The molecule has 1 aliphatic heterocycles. The van der Waals surface area contributed by atoms with E-state index in [9.17, 15) is 9.18 Å². The Hall–Kier alpha value is -2.61. The van der Waals surface area contributed by atoms with Crippen LogP contribution in [0.5, 0.6) is 5.75 Å². The molecule has 0 radical (unpaired) electrons. The van der Waals surface area contributed by atoms with Gasteiger partial charge >= 0.3 is 0 Å². The predicted octanol–water partition coefficient (Wildman–Crippen LogP) is 4.93. The SMILES string of the molecule is COc1c(C(=O)NN2CCC(F)CC2)nn(-c2ccccc2Cl)c1-c1ccc(Cl)cc1. The van der Waals surface area contributed by atoms with Gasteiger partial charge in [-0.15, -0.1) is 0 Å². The number of methoxy groups -OCH3 is 1. The monoisotopic (exact) mass is 462 g/mol. The largest absolute Gasteiger partial charge is 0.492 e. The first-order valence-electron chi connectivity index (χ1n) is 9.85. The maximum Gasteiger partial charge on any atom is 0.289 e. The molecule has 0 saturated carbocycles. The van der Waals surface area contributed by atoms with E-state index in [2.05, 4.69) is 10.5 Å². The Morgan fingerprint density at radius 3 is 2.45 bits per heavy atom. The molecule has 0 unspecified atom stereocenters. The van der Waals surface area contributed by atoms with Crippen molar-refractivity contribution in [1.29, 1.82) is 0 Å². The molecule has 0 bridgehead atoms. The Kier molecular flexibility index (Phi) is 6.46. The third kappa shape index (κ3) is 4.54. The zero-order chi connectivity index (χ0) is 22.0. The van der Waals surface area contributed by atoms with Crippen LogP contribution in [-0.2, 0) is 0 Å². The number of carbonyl (C=O) groups excluding carboxylic acids is 1. The summed E-state index contributed by atoms with van der Waals surface area (Å²) in [5.41, 5.74) is 4.85. The van der Waals surface area contributed by atoms with Gasteiger partial charge in [0.15, 0.2) is 11.4 Å². The van der Waals surface area contributed by atoms with Crippen molar-refractivity contribution < 1.29 is 13.9 Å². The van der Waals surface area contributed by atoms with Crippen LogP contribution in [0.2, 0.25) is 10.0 Å². The summed E-state index contributed by atoms with van der Waals surface area (Å²) in [6.07, 6.45) is -0.0816. The van der Waals surface area contributed by atoms with Crippen LogP contribution in [0, 0.1) is 0 Å². The highest BCUT2D eigenvalue weighted by molar-refractivity contribution is 6.32. The van der Waals surface area contributed by atoms with Crippen LogP contribution in [0.1, 0.15) is 23.3 Å². The minimum absolute atomic E-state index is 0.106. The quantitative estimate of drug-likeness (QED) is 0.583. The topological polar surface area (TPSA) is 59.4 Å². The molecule has 1 aliphatic rings. The van der Waals surface area contributed by atoms with E-state index in [1.807, 2.05) is 30.3 Å². The third-order valence-electron chi connectivity index (χ3n) is 5.14. The lowest BCUT2D eigenvalue weighted by Gasteiger charge is -2.28. The fourth-order valence-corrected chi connectivity index (χ4v) is 3.90. The number of piperidine rings is 1. The lowest BCUT2D eigenvalue weighted by Crippen LogP contribution is -2.47. The Morgan fingerprint density at radius 2 is 1.81 bits per heavy atom. The summed E-state index contributed by atoms with van der Waals surface area (Å²) in [5.74, 6) is -0.129. The molecule has 162 valence electrons. The molecule has 1 fully saturated rings. The van der Waals surface area contributed by atoms with Gasteiger partial charge in [-0.05, 0) is 37.1 Å². The van der Waals surface area contributed by atoms with E-state index >= 15 is 0 Å². The minimum Gasteiger partial charge on any atom is -0.492 e. The molecule has 1 amide bonds. The highest BCUT2D eigenvalue weighted by Crippen LogP contribution is 2.37. The maximum atomic E-state index is 13.4. The van der Waals surface area contributed by atoms with E-state index in [0.29, 0.717) is 53.1 Å². The molecule has 6 nitrogen and oxygen atoms in total. The Bertz CT molecular complexity index is 1080. The number of hydrogen-bond acceptors (Lipinski definition) is 4. The molecule has 0 atom stereocenters. The third-order valence-corrected chi connectivity index (χ3v) is 5.72. The number of ether oxygens (including phenoxy) is 1. The first-order chi connectivity index (χ1) is 15.0. The van der Waals surface area contributed by atoms with E-state index in [1.54, 1.807) is 27.9 Å². The summed E-state index contributed by atoms with van der Waals surface area (Å²) in [5, 5.41) is 7.31. The van der Waals surface area contributed by atoms with Gasteiger partial charge in [0.1, 0.15) is 11.9 Å². The number of benzene rings is 2. The van der Waals surface area contributed by atoms with E-state index in [0.717, 1.165) is 5.56 Å². The van der Waals surface area contributed by atoms with Gasteiger partial charge in [-0.3, -0.25) is 10.2 Å². The van der Waals surface area contributed by atoms with Crippen molar-refractivity contribution in [2.24, 2.45) is 0 Å². The smallest absolute Gasteiger partial charge is 0.289 e. The molecule has 2 heterocycles. The first kappa shape index (κ1) is 21.6. The Labute approximate surface area is 189 Å². The summed E-state index contributed by atoms with van der Waals surface area (Å²) >= 11 is 12.5. The number of carbonyl (C=O) groups is 1. The molecule has 1 saturated heterocycles. The van der Waals surface area contributed by atoms with Crippen LogP contribution in [0.15, 0.2) is 48.5 Å². The van der Waals surface area contributed by atoms with Crippen LogP contribution < -0.4 is 10.2 Å². The van der Waals surface area contributed by atoms with E-state index in [1.165, 1.54) is 7.11 Å². The average molecular weight is 463 g/mol. The lowest BCUT2D eigenvalue weighted by molar-refractivity contribution is 0.0655. The molecular formula is C22H21Cl2FN4O2. The number of alkyl halides is 1. The van der Waals surface area contributed by atoms with Gasteiger partial charge in [-0.2, -0.15) is 5.10 Å². The van der Waals surface area contributed by atoms with Gasteiger partial charge in [0.05, 0.1) is 17.8 Å². The number of halogens is 3. The Morgan fingerprint density at radius 1 is 1.13 bits per heavy atom. The van der Waals surface area contributed by atoms with Crippen molar-refractivity contribution in [3.8, 4) is 22.7 Å². The number of nitrogens with zero attached hydrogens (tertiary/aromatic N) is 3. The molecule has 9 heteroatoms. The molecule has 3 aromatic rings. The highest BCUT2D eigenvalue weighted by atomic mass is 35.5. The number of rotatable bonds is 5. The fourth-order valence-electron chi connectivity index (χ4n) is 3.56. The number of hydrogen-bond donors (Lipinski definition) is 1. The maximum absolute atomic E-state index is 13.4. The highest BCUT2D eigenvalue weighted by Gasteiger charge is 2.28. The van der Waals surface area contributed by atoms with E-state index in [-0.39, 0.29) is 5.69 Å². The number of nitrogens with one attached hydrogen (secondary N) is 1. The van der Waals surface area contributed by atoms with Crippen LogP contribution in [-0.4, -0.2) is 47.1 Å². The van der Waals surface area contributed by atoms with Crippen LogP contribution in [0.4, 0.5) is 4.39 Å². The molecule has 31 heavy (non-hydrogen) atoms. The van der Waals surface area contributed by atoms with Crippen molar-refractivity contribution >= 4 is 29.1 Å². The first-order valence-corrected chi connectivity index (χ1v) is 10.6. The summed E-state index contributed by atoms with van der Waals surface area (Å²) in [6.45, 7) is 0.870. The van der Waals surface area contributed by atoms with Gasteiger partial charge < -0.3 is 4.74 Å². The lowest BCUT2D eigenvalue weighted by atomic mass is 10.1. The second-order valence-corrected chi connectivity index (χ2v) is 8.05. The minimum atomic E-state index is -0.835. The van der Waals surface area contributed by atoms with Crippen molar-refractivity contribution in [2.45, 2.75) is 19.0 Å². The van der Waals surface area contributed by atoms with Crippen LogP contribution >= 0.6 is 23.2 Å². The van der Waals surface area contributed by atoms with Crippen molar-refractivity contribution in [3.63, 3.8) is 0 Å². The second kappa shape index (κ2) is 9.26. The summed E-state index contributed by atoms with van der Waals surface area (Å²) in [6, 6.07) is 14.4. The van der Waals surface area contributed by atoms with E-state index < -0.39 is 12.1 Å². The second-order valence-electron chi connectivity index (χ2n) is 7.20. The summed E-state index contributed by atoms with van der Waals surface area (Å²) in [7, 11) is 1.48. The van der Waals surface area contributed by atoms with Gasteiger partial charge in [0, 0.05) is 23.7 Å². The number of amides is 1. The van der Waals surface area contributed by atoms with Crippen LogP contribution in [0.3, 0.4) is 0 Å². The molecule has 0 aliphatic carbocycles. The van der Waals surface area contributed by atoms with Crippen molar-refractivity contribution in [3.05, 3.63) is 64.3 Å². The summed E-state index contributed by atoms with van der Waals surface area (Å²) < 4.78 is 20.7. The Balaban J connectivity index is 1.79. The van der Waals surface area contributed by atoms with Crippen LogP contribution in [0.25, 0.3) is 16.9 Å². The zero-order valence-electron chi connectivity index (χ0n) is 16.8. The molecule has 4 rings (SSSR count). The summed E-state index contributed by atoms with van der Waals surface area (Å²) in [4.78, 5) is 13.1. The van der Waals surface area contributed by atoms with E-state index in [4.69, 9.17) is 27.9 Å². The molecular weight excluding hydrogens is 442 g/mol. The van der Waals surface area contributed by atoms with Gasteiger partial charge in [-0.25, -0.2) is 14.1 Å². The number of aromatic nitrogens is 2. The standard InChI is InChI=1S/C22H21Cl2FN4O2/c1-31-21-19(22(30)27-28-12-10-16(25)11-13-28)26-29(18-5-3-2-4-17(18)24)20(21)14-6-8-15(23)9-7-14/h2-9,16H,10-13H2,1H3,(H,27,30). The molecule has 1 aromatic heterocycles. The molecule has 1 N–H and O–H groups in total. The van der Waals surface area contributed by atoms with Crippen molar-refractivity contribution in [2.75, 3.05) is 20.2 Å². The predicted molar refractivity (Wildman–Crippen MR) is 119 cm³/mol. The molecule has 0 spiro atoms. The zero-order valence-corrected chi connectivity index (χ0v) is 18.3. The molecule has 2 aromatic carbocycles. The van der Waals surface area contributed by atoms with Gasteiger partial charge in [0.2, 0.25) is 0 Å². The number of hydrazine groups is 1. The van der Waals surface area contributed by atoms with Gasteiger partial charge in [0.25, 0.3) is 5.91 Å². The van der Waals surface area contributed by atoms with Crippen molar-refractivity contribution in [1.82, 2.24) is 20.2 Å². The normalized spacial score (nSPS) is 15.1. The number of para-hydroxylation sites is 1. The average Bonchev–Trinajstić information content (AvgIpc) is 3.16.